The Hall–Kier alpha value is -0.940. The number of hydrogen-bond acceptors (Lipinski definition) is 5. The van der Waals surface area contributed by atoms with Crippen molar-refractivity contribution in [1.29, 1.82) is 0 Å². The summed E-state index contributed by atoms with van der Waals surface area (Å²) in [5.41, 5.74) is 0. The molecular weight excluding hydrogens is 168 g/mol. The highest BCUT2D eigenvalue weighted by molar-refractivity contribution is 4.94. The lowest BCUT2D eigenvalue weighted by Crippen LogP contribution is -2.38. The smallest absolute Gasteiger partial charge is 0.229 e. The number of aryl methyl sites for hydroxylation is 1. The SMILES string of the molecule is Cc1noc(C2CCN(N)CC2)n1. The first-order valence-electron chi connectivity index (χ1n) is 4.55. The molecule has 1 aliphatic heterocycles. The first-order chi connectivity index (χ1) is 6.25. The molecular formula is C8H14N4O. The molecule has 0 aromatic carbocycles. The van der Waals surface area contributed by atoms with E-state index in [0.717, 1.165) is 31.8 Å². The third-order valence-electron chi connectivity index (χ3n) is 2.42. The van der Waals surface area contributed by atoms with E-state index in [1.165, 1.54) is 0 Å². The topological polar surface area (TPSA) is 68.2 Å². The Kier molecular flexibility index (Phi) is 2.28. The molecule has 2 N–H and O–H groups in total. The Bertz CT molecular complexity index is 277. The predicted molar refractivity (Wildman–Crippen MR) is 46.8 cm³/mol. The first kappa shape index (κ1) is 8.65. The van der Waals surface area contributed by atoms with Crippen molar-refractivity contribution in [3.05, 3.63) is 11.7 Å². The minimum atomic E-state index is 0.404. The van der Waals surface area contributed by atoms with E-state index < -0.39 is 0 Å². The van der Waals surface area contributed by atoms with Crippen molar-refractivity contribution in [2.75, 3.05) is 13.1 Å². The summed E-state index contributed by atoms with van der Waals surface area (Å²) in [6.07, 6.45) is 2.02. The molecule has 2 heterocycles. The Morgan fingerprint density at radius 1 is 1.46 bits per heavy atom. The van der Waals surface area contributed by atoms with Crippen LogP contribution in [0.1, 0.15) is 30.5 Å². The molecule has 0 spiro atoms. The Balaban J connectivity index is 2.02. The van der Waals surface area contributed by atoms with Gasteiger partial charge in [0.25, 0.3) is 0 Å². The molecule has 2 rings (SSSR count). The van der Waals surface area contributed by atoms with Gasteiger partial charge in [-0.3, -0.25) is 5.84 Å². The van der Waals surface area contributed by atoms with Gasteiger partial charge >= 0.3 is 0 Å². The maximum Gasteiger partial charge on any atom is 0.229 e. The number of hydrogen-bond donors (Lipinski definition) is 1. The highest BCUT2D eigenvalue weighted by Crippen LogP contribution is 2.25. The summed E-state index contributed by atoms with van der Waals surface area (Å²) in [5.74, 6) is 7.53. The molecule has 1 aromatic heterocycles. The fraction of sp³-hybridized carbons (Fsp3) is 0.750. The normalized spacial score (nSPS) is 20.8. The average molecular weight is 182 g/mol. The van der Waals surface area contributed by atoms with Crippen LogP contribution in [0, 0.1) is 6.92 Å². The van der Waals surface area contributed by atoms with Crippen molar-refractivity contribution >= 4 is 0 Å². The van der Waals surface area contributed by atoms with Gasteiger partial charge in [-0.1, -0.05) is 5.16 Å². The standard InChI is InChI=1S/C8H14N4O/c1-6-10-8(13-11-6)7-2-4-12(9)5-3-7/h7H,2-5,9H2,1H3. The zero-order valence-corrected chi connectivity index (χ0v) is 7.73. The van der Waals surface area contributed by atoms with E-state index >= 15 is 0 Å². The Labute approximate surface area is 76.9 Å². The molecule has 0 bridgehead atoms. The van der Waals surface area contributed by atoms with Gasteiger partial charge in [0.1, 0.15) is 0 Å². The summed E-state index contributed by atoms with van der Waals surface area (Å²) in [6, 6.07) is 0. The van der Waals surface area contributed by atoms with E-state index in [1.54, 1.807) is 0 Å². The van der Waals surface area contributed by atoms with Gasteiger partial charge in [0.2, 0.25) is 5.89 Å². The lowest BCUT2D eigenvalue weighted by Gasteiger charge is -2.25. The Morgan fingerprint density at radius 3 is 2.69 bits per heavy atom. The fourth-order valence-corrected chi connectivity index (χ4v) is 1.63. The zero-order chi connectivity index (χ0) is 9.26. The van der Waals surface area contributed by atoms with E-state index in [9.17, 15) is 0 Å². The van der Waals surface area contributed by atoms with Crippen molar-refractivity contribution in [2.45, 2.75) is 25.7 Å². The molecule has 1 saturated heterocycles. The van der Waals surface area contributed by atoms with Gasteiger partial charge in [-0.05, 0) is 19.8 Å². The molecule has 1 aromatic rings. The molecule has 0 saturated carbocycles. The van der Waals surface area contributed by atoms with Crippen molar-refractivity contribution < 1.29 is 4.52 Å². The second-order valence-electron chi connectivity index (χ2n) is 3.49. The third-order valence-corrected chi connectivity index (χ3v) is 2.42. The zero-order valence-electron chi connectivity index (χ0n) is 7.73. The van der Waals surface area contributed by atoms with Crippen LogP contribution in [0.4, 0.5) is 0 Å². The number of rotatable bonds is 1. The predicted octanol–water partition coefficient (Wildman–Crippen LogP) is 0.431. The summed E-state index contributed by atoms with van der Waals surface area (Å²) < 4.78 is 5.12. The van der Waals surface area contributed by atoms with Gasteiger partial charge in [0.05, 0.1) is 0 Å². The summed E-state index contributed by atoms with van der Waals surface area (Å²) in [7, 11) is 0. The summed E-state index contributed by atoms with van der Waals surface area (Å²) >= 11 is 0. The molecule has 1 fully saturated rings. The van der Waals surface area contributed by atoms with E-state index in [-0.39, 0.29) is 0 Å². The molecule has 0 unspecified atom stereocenters. The van der Waals surface area contributed by atoms with Crippen LogP contribution in [0.5, 0.6) is 0 Å². The largest absolute Gasteiger partial charge is 0.339 e. The van der Waals surface area contributed by atoms with Gasteiger partial charge in [-0.15, -0.1) is 0 Å². The summed E-state index contributed by atoms with van der Waals surface area (Å²) in [6.45, 7) is 3.66. The van der Waals surface area contributed by atoms with Crippen LogP contribution in [0.25, 0.3) is 0 Å². The maximum atomic E-state index is 5.65. The molecule has 1 aliphatic rings. The van der Waals surface area contributed by atoms with E-state index in [4.69, 9.17) is 10.4 Å². The summed E-state index contributed by atoms with van der Waals surface area (Å²) in [4.78, 5) is 4.22. The quantitative estimate of drug-likeness (QED) is 0.638. The van der Waals surface area contributed by atoms with Gasteiger partial charge in [0.15, 0.2) is 5.82 Å². The van der Waals surface area contributed by atoms with E-state index in [2.05, 4.69) is 10.1 Å². The minimum absolute atomic E-state index is 0.404. The van der Waals surface area contributed by atoms with Crippen molar-refractivity contribution in [2.24, 2.45) is 5.84 Å². The van der Waals surface area contributed by atoms with Gasteiger partial charge in [-0.25, -0.2) is 5.01 Å². The maximum absolute atomic E-state index is 5.65. The van der Waals surface area contributed by atoms with Crippen LogP contribution in [0.3, 0.4) is 0 Å². The third kappa shape index (κ3) is 1.87. The number of hydrazine groups is 1. The molecule has 72 valence electrons. The van der Waals surface area contributed by atoms with Crippen LogP contribution in [0.15, 0.2) is 4.52 Å². The lowest BCUT2D eigenvalue weighted by atomic mass is 9.98. The van der Waals surface area contributed by atoms with Crippen LogP contribution in [-0.2, 0) is 0 Å². The molecule has 0 atom stereocenters. The van der Waals surface area contributed by atoms with Crippen LogP contribution in [0.2, 0.25) is 0 Å². The van der Waals surface area contributed by atoms with E-state index in [0.29, 0.717) is 11.7 Å². The summed E-state index contributed by atoms with van der Waals surface area (Å²) in [5, 5.41) is 5.61. The van der Waals surface area contributed by atoms with Crippen molar-refractivity contribution in [3.63, 3.8) is 0 Å². The van der Waals surface area contributed by atoms with Gasteiger partial charge < -0.3 is 4.52 Å². The van der Waals surface area contributed by atoms with Crippen LogP contribution < -0.4 is 5.84 Å². The Morgan fingerprint density at radius 2 is 2.15 bits per heavy atom. The fourth-order valence-electron chi connectivity index (χ4n) is 1.63. The molecule has 0 radical (unpaired) electrons. The van der Waals surface area contributed by atoms with Gasteiger partial charge in [0, 0.05) is 19.0 Å². The van der Waals surface area contributed by atoms with E-state index in [1.807, 2.05) is 11.9 Å². The lowest BCUT2D eigenvalue weighted by molar-refractivity contribution is 0.198. The van der Waals surface area contributed by atoms with Crippen LogP contribution >= 0.6 is 0 Å². The number of nitrogens with two attached hydrogens (primary N) is 1. The second kappa shape index (κ2) is 3.43. The first-order valence-corrected chi connectivity index (χ1v) is 4.55. The molecule has 13 heavy (non-hydrogen) atoms. The highest BCUT2D eigenvalue weighted by Gasteiger charge is 2.23. The number of piperidine rings is 1. The molecule has 0 aliphatic carbocycles. The monoisotopic (exact) mass is 182 g/mol. The van der Waals surface area contributed by atoms with Crippen molar-refractivity contribution in [1.82, 2.24) is 15.1 Å². The van der Waals surface area contributed by atoms with Gasteiger partial charge in [-0.2, -0.15) is 4.98 Å². The van der Waals surface area contributed by atoms with Crippen LogP contribution in [-0.4, -0.2) is 28.2 Å². The average Bonchev–Trinajstić information content (AvgIpc) is 2.53. The molecule has 5 nitrogen and oxygen atoms in total. The number of aromatic nitrogens is 2. The number of nitrogens with zero attached hydrogens (tertiary/aromatic N) is 3. The van der Waals surface area contributed by atoms with Crippen molar-refractivity contribution in [3.8, 4) is 0 Å². The minimum Gasteiger partial charge on any atom is -0.339 e. The second-order valence-corrected chi connectivity index (χ2v) is 3.49. The highest BCUT2D eigenvalue weighted by atomic mass is 16.5. The molecule has 0 amide bonds. The molecule has 5 heteroatoms.